The molecule has 0 aromatic rings. The molecule has 1 fully saturated rings. The molecule has 0 N–H and O–H groups in total. The fraction of sp³-hybridized carbons (Fsp3) is 0.625. The van der Waals surface area contributed by atoms with Crippen LogP contribution >= 0.6 is 34.8 Å². The number of alkyl halides is 3. The minimum atomic E-state index is -2.06. The van der Waals surface area contributed by atoms with Gasteiger partial charge in [-0.05, 0) is 6.92 Å². The van der Waals surface area contributed by atoms with E-state index >= 15 is 0 Å². The van der Waals surface area contributed by atoms with Gasteiger partial charge < -0.3 is 9.47 Å². The van der Waals surface area contributed by atoms with Crippen LogP contribution < -0.4 is 0 Å². The van der Waals surface area contributed by atoms with Crippen molar-refractivity contribution in [3.8, 4) is 0 Å². The summed E-state index contributed by atoms with van der Waals surface area (Å²) in [6.45, 7) is 1.59. The lowest BCUT2D eigenvalue weighted by Gasteiger charge is -2.21. The first-order valence-electron chi connectivity index (χ1n) is 4.27. The van der Waals surface area contributed by atoms with Crippen LogP contribution in [0.4, 0.5) is 0 Å². The Bertz CT molecular complexity index is 335. The van der Waals surface area contributed by atoms with Crippen molar-refractivity contribution in [3.63, 3.8) is 0 Å². The molecule has 0 radical (unpaired) electrons. The van der Waals surface area contributed by atoms with Crippen LogP contribution in [0.2, 0.25) is 0 Å². The first kappa shape index (κ1) is 13.5. The van der Waals surface area contributed by atoms with E-state index in [1.807, 2.05) is 0 Å². The van der Waals surface area contributed by atoms with Gasteiger partial charge in [-0.3, -0.25) is 9.59 Å². The first-order chi connectivity index (χ1) is 7.29. The number of rotatable bonds is 2. The molecule has 1 aliphatic rings. The van der Waals surface area contributed by atoms with Crippen LogP contribution in [0.5, 0.6) is 0 Å². The quantitative estimate of drug-likeness (QED) is 0.329. The molecule has 1 saturated heterocycles. The maximum atomic E-state index is 11.4. The highest BCUT2D eigenvalue weighted by atomic mass is 35.6. The van der Waals surface area contributed by atoms with E-state index in [0.29, 0.717) is 0 Å². The second-order valence-electron chi connectivity index (χ2n) is 2.96. The standard InChI is InChI=1S/C8H7Cl3O5/c1-2-15-6(13)3-4(12)7(14)16-5(3)8(9,10)11/h3,5H,2H2,1H3/t3-,5+/m0/s1. The summed E-state index contributed by atoms with van der Waals surface area (Å²) in [7, 11) is 0. The summed E-state index contributed by atoms with van der Waals surface area (Å²) in [4.78, 5) is 33.7. The zero-order chi connectivity index (χ0) is 12.5. The second kappa shape index (κ2) is 4.77. The molecule has 1 aliphatic heterocycles. The van der Waals surface area contributed by atoms with E-state index in [4.69, 9.17) is 34.8 Å². The number of cyclic esters (lactones) is 1. The average Bonchev–Trinajstić information content (AvgIpc) is 2.43. The van der Waals surface area contributed by atoms with Crippen LogP contribution in [0, 0.1) is 5.92 Å². The van der Waals surface area contributed by atoms with Gasteiger partial charge in [-0.2, -0.15) is 0 Å². The van der Waals surface area contributed by atoms with Crippen LogP contribution in [0.1, 0.15) is 6.92 Å². The van der Waals surface area contributed by atoms with Crippen LogP contribution in [0.25, 0.3) is 0 Å². The third-order valence-electron chi connectivity index (χ3n) is 1.88. The highest BCUT2D eigenvalue weighted by Gasteiger charge is 2.57. The van der Waals surface area contributed by atoms with Crippen LogP contribution in [0.3, 0.4) is 0 Å². The van der Waals surface area contributed by atoms with Gasteiger partial charge in [0.1, 0.15) is 0 Å². The maximum absolute atomic E-state index is 11.4. The molecule has 2 atom stereocenters. The van der Waals surface area contributed by atoms with Gasteiger partial charge in [-0.25, -0.2) is 4.79 Å². The molecule has 16 heavy (non-hydrogen) atoms. The zero-order valence-corrected chi connectivity index (χ0v) is 10.3. The number of esters is 2. The van der Waals surface area contributed by atoms with Crippen molar-refractivity contribution in [2.45, 2.75) is 16.8 Å². The highest BCUT2D eigenvalue weighted by molar-refractivity contribution is 6.68. The van der Waals surface area contributed by atoms with Gasteiger partial charge in [0, 0.05) is 0 Å². The number of halogens is 3. The van der Waals surface area contributed by atoms with Gasteiger partial charge >= 0.3 is 11.9 Å². The average molecular weight is 289 g/mol. The smallest absolute Gasteiger partial charge is 0.376 e. The Labute approximate surface area is 106 Å². The van der Waals surface area contributed by atoms with E-state index in [1.165, 1.54) is 0 Å². The number of ether oxygens (including phenoxy) is 2. The molecule has 1 heterocycles. The topological polar surface area (TPSA) is 69.7 Å². The molecular formula is C8H7Cl3O5. The van der Waals surface area contributed by atoms with Crippen molar-refractivity contribution in [1.82, 2.24) is 0 Å². The molecule has 0 bridgehead atoms. The molecule has 1 rings (SSSR count). The Morgan fingerprint density at radius 2 is 2.00 bits per heavy atom. The SMILES string of the molecule is CCOC(=O)[C@H]1C(=O)C(=O)O[C@H]1C(Cl)(Cl)Cl. The highest BCUT2D eigenvalue weighted by Crippen LogP contribution is 2.40. The second-order valence-corrected chi connectivity index (χ2v) is 5.33. The Balaban J connectivity index is 2.97. The first-order valence-corrected chi connectivity index (χ1v) is 5.40. The Morgan fingerprint density at radius 1 is 1.44 bits per heavy atom. The molecule has 5 nitrogen and oxygen atoms in total. The van der Waals surface area contributed by atoms with E-state index in [-0.39, 0.29) is 6.61 Å². The van der Waals surface area contributed by atoms with Gasteiger partial charge in [0.15, 0.2) is 12.0 Å². The van der Waals surface area contributed by atoms with Crippen molar-refractivity contribution < 1.29 is 23.9 Å². The van der Waals surface area contributed by atoms with E-state index in [2.05, 4.69) is 9.47 Å². The fourth-order valence-corrected chi connectivity index (χ4v) is 1.74. The van der Waals surface area contributed by atoms with E-state index in [9.17, 15) is 14.4 Å². The molecule has 0 saturated carbocycles. The largest absolute Gasteiger partial charge is 0.465 e. The minimum absolute atomic E-state index is 0.0450. The van der Waals surface area contributed by atoms with Crippen molar-refractivity contribution in [1.29, 1.82) is 0 Å². The summed E-state index contributed by atoms with van der Waals surface area (Å²) in [6.07, 6.45) is -1.45. The Kier molecular flexibility index (Phi) is 4.04. The zero-order valence-electron chi connectivity index (χ0n) is 8.04. The summed E-state index contributed by atoms with van der Waals surface area (Å²) in [5.41, 5.74) is 0. The van der Waals surface area contributed by atoms with Crippen LogP contribution in [-0.4, -0.2) is 34.2 Å². The van der Waals surface area contributed by atoms with Gasteiger partial charge in [0.05, 0.1) is 6.61 Å². The molecule has 8 heteroatoms. The molecule has 0 aliphatic carbocycles. The summed E-state index contributed by atoms with van der Waals surface area (Å²) in [5, 5.41) is 0. The van der Waals surface area contributed by atoms with E-state index in [1.54, 1.807) is 6.92 Å². The number of Topliss-reactive ketones (excluding diaryl/α,β-unsaturated/α-hetero) is 1. The number of carbonyl (C=O) groups is 3. The van der Waals surface area contributed by atoms with Crippen molar-refractivity contribution >= 4 is 52.5 Å². The number of hydrogen-bond donors (Lipinski definition) is 0. The van der Waals surface area contributed by atoms with E-state index in [0.717, 1.165) is 0 Å². The molecule has 0 unspecified atom stereocenters. The lowest BCUT2D eigenvalue weighted by Crippen LogP contribution is -2.38. The van der Waals surface area contributed by atoms with Crippen molar-refractivity contribution in [3.05, 3.63) is 0 Å². The summed E-state index contributed by atoms with van der Waals surface area (Å²) >= 11 is 16.5. The van der Waals surface area contributed by atoms with Crippen molar-refractivity contribution in [2.24, 2.45) is 5.92 Å². The summed E-state index contributed by atoms with van der Waals surface area (Å²) in [5.74, 6) is -4.71. The lowest BCUT2D eigenvalue weighted by molar-refractivity contribution is -0.152. The van der Waals surface area contributed by atoms with Crippen molar-refractivity contribution in [2.75, 3.05) is 6.61 Å². The molecule has 0 amide bonds. The molecular weight excluding hydrogens is 282 g/mol. The third-order valence-corrected chi connectivity index (χ3v) is 2.53. The fourth-order valence-electron chi connectivity index (χ4n) is 1.22. The summed E-state index contributed by atoms with van der Waals surface area (Å²) < 4.78 is 7.08. The Hall–Kier alpha value is -0.520. The lowest BCUT2D eigenvalue weighted by atomic mass is 10.0. The Morgan fingerprint density at radius 3 is 2.44 bits per heavy atom. The normalized spacial score (nSPS) is 25.5. The van der Waals surface area contributed by atoms with Crippen LogP contribution in [0.15, 0.2) is 0 Å². The molecule has 0 aromatic heterocycles. The monoisotopic (exact) mass is 288 g/mol. The van der Waals surface area contributed by atoms with Crippen LogP contribution in [-0.2, 0) is 23.9 Å². The van der Waals surface area contributed by atoms with Gasteiger partial charge in [0.25, 0.3) is 5.78 Å². The van der Waals surface area contributed by atoms with Gasteiger partial charge in [-0.1, -0.05) is 34.8 Å². The maximum Gasteiger partial charge on any atom is 0.376 e. The number of ketones is 1. The van der Waals surface area contributed by atoms with Gasteiger partial charge in [0.2, 0.25) is 3.79 Å². The predicted molar refractivity (Wildman–Crippen MR) is 55.3 cm³/mol. The molecule has 0 spiro atoms. The number of carbonyl (C=O) groups excluding carboxylic acids is 3. The third kappa shape index (κ3) is 2.59. The van der Waals surface area contributed by atoms with E-state index < -0.39 is 33.5 Å². The summed E-state index contributed by atoms with van der Waals surface area (Å²) in [6, 6.07) is 0. The molecule has 90 valence electrons. The number of hydrogen-bond acceptors (Lipinski definition) is 5. The van der Waals surface area contributed by atoms with Gasteiger partial charge in [-0.15, -0.1) is 0 Å². The predicted octanol–water partition coefficient (Wildman–Crippen LogP) is 1.03. The minimum Gasteiger partial charge on any atom is -0.465 e. The molecule has 0 aromatic carbocycles.